The van der Waals surface area contributed by atoms with Gasteiger partial charge in [0.15, 0.2) is 0 Å². The van der Waals surface area contributed by atoms with Crippen molar-refractivity contribution in [1.29, 1.82) is 0 Å². The zero-order chi connectivity index (χ0) is 15.6. The maximum Gasteiger partial charge on any atom is 0.270 e. The van der Waals surface area contributed by atoms with Gasteiger partial charge in [0, 0.05) is 42.0 Å². The van der Waals surface area contributed by atoms with Gasteiger partial charge in [-0.1, -0.05) is 6.07 Å². The number of aromatic amines is 1. The summed E-state index contributed by atoms with van der Waals surface area (Å²) in [5, 5.41) is 19.8. The SMILES string of the molecule is Cc1ccc([N+](=O)[O-])cc1-c1nc(C)c(CCO)c(=O)[nH]1. The molecule has 2 N–H and O–H groups in total. The quantitative estimate of drug-likeness (QED) is 0.654. The summed E-state index contributed by atoms with van der Waals surface area (Å²) in [4.78, 5) is 29.3. The summed E-state index contributed by atoms with van der Waals surface area (Å²) < 4.78 is 0. The van der Waals surface area contributed by atoms with Crippen molar-refractivity contribution in [2.24, 2.45) is 0 Å². The Hall–Kier alpha value is -2.54. The van der Waals surface area contributed by atoms with Crippen LogP contribution in [0.3, 0.4) is 0 Å². The van der Waals surface area contributed by atoms with Crippen molar-refractivity contribution in [2.45, 2.75) is 20.3 Å². The molecule has 0 amide bonds. The maximum absolute atomic E-state index is 12.0. The number of aromatic nitrogens is 2. The number of aliphatic hydroxyl groups excluding tert-OH is 1. The number of non-ortho nitro benzene ring substituents is 1. The fourth-order valence-corrected chi connectivity index (χ4v) is 2.12. The van der Waals surface area contributed by atoms with Crippen LogP contribution < -0.4 is 5.56 Å². The van der Waals surface area contributed by atoms with Crippen LogP contribution in [-0.2, 0) is 6.42 Å². The normalized spacial score (nSPS) is 10.6. The second kappa shape index (κ2) is 5.84. The number of nitro groups is 1. The molecule has 0 saturated carbocycles. The van der Waals surface area contributed by atoms with Gasteiger partial charge in [0.05, 0.1) is 4.92 Å². The third-order valence-electron chi connectivity index (χ3n) is 3.27. The summed E-state index contributed by atoms with van der Waals surface area (Å²) in [6, 6.07) is 4.41. The molecule has 0 saturated heterocycles. The number of hydrogen-bond acceptors (Lipinski definition) is 5. The van der Waals surface area contributed by atoms with Gasteiger partial charge in [-0.05, 0) is 19.4 Å². The van der Waals surface area contributed by atoms with E-state index in [1.807, 2.05) is 0 Å². The number of benzene rings is 1. The van der Waals surface area contributed by atoms with Gasteiger partial charge < -0.3 is 10.1 Å². The minimum absolute atomic E-state index is 0.0599. The zero-order valence-electron chi connectivity index (χ0n) is 11.7. The molecule has 1 heterocycles. The van der Waals surface area contributed by atoms with Gasteiger partial charge in [-0.25, -0.2) is 4.98 Å². The highest BCUT2D eigenvalue weighted by Crippen LogP contribution is 2.24. The van der Waals surface area contributed by atoms with Crippen molar-refractivity contribution >= 4 is 5.69 Å². The van der Waals surface area contributed by atoms with Crippen LogP contribution in [-0.4, -0.2) is 26.6 Å². The number of nitrogens with zero attached hydrogens (tertiary/aromatic N) is 2. The van der Waals surface area contributed by atoms with Gasteiger partial charge in [0.25, 0.3) is 11.2 Å². The molecule has 0 unspecified atom stereocenters. The molecular formula is C14H15N3O4. The molecule has 0 aliphatic rings. The van der Waals surface area contributed by atoms with Crippen molar-refractivity contribution in [2.75, 3.05) is 6.61 Å². The first kappa shape index (κ1) is 14.9. The van der Waals surface area contributed by atoms with E-state index in [2.05, 4.69) is 9.97 Å². The molecule has 0 radical (unpaired) electrons. The van der Waals surface area contributed by atoms with E-state index < -0.39 is 4.92 Å². The first-order valence-corrected chi connectivity index (χ1v) is 6.40. The van der Waals surface area contributed by atoms with Crippen LogP contribution in [0, 0.1) is 24.0 Å². The largest absolute Gasteiger partial charge is 0.396 e. The molecule has 0 aliphatic carbocycles. The molecule has 0 fully saturated rings. The van der Waals surface area contributed by atoms with Crippen molar-refractivity contribution in [3.63, 3.8) is 0 Å². The number of aryl methyl sites for hydroxylation is 2. The molecule has 0 atom stereocenters. The Morgan fingerprint density at radius 1 is 1.38 bits per heavy atom. The number of hydrogen-bond donors (Lipinski definition) is 2. The summed E-state index contributed by atoms with van der Waals surface area (Å²) >= 11 is 0. The molecule has 0 aliphatic heterocycles. The first-order valence-electron chi connectivity index (χ1n) is 6.40. The van der Waals surface area contributed by atoms with Crippen LogP contribution in [0.2, 0.25) is 0 Å². The van der Waals surface area contributed by atoms with Crippen molar-refractivity contribution < 1.29 is 10.0 Å². The number of aliphatic hydroxyl groups is 1. The third-order valence-corrected chi connectivity index (χ3v) is 3.27. The van der Waals surface area contributed by atoms with Gasteiger partial charge >= 0.3 is 0 Å². The molecule has 7 heteroatoms. The van der Waals surface area contributed by atoms with Gasteiger partial charge in [-0.3, -0.25) is 14.9 Å². The summed E-state index contributed by atoms with van der Waals surface area (Å²) in [7, 11) is 0. The number of nitro benzene ring substituents is 1. The van der Waals surface area contributed by atoms with Crippen LogP contribution in [0.1, 0.15) is 16.8 Å². The standard InChI is InChI=1S/C14H15N3O4/c1-8-3-4-10(17(20)21)7-12(8)13-15-9(2)11(5-6-18)14(19)16-13/h3-4,7,18H,5-6H2,1-2H3,(H,15,16,19). The number of H-pyrrole nitrogens is 1. The molecular weight excluding hydrogens is 274 g/mol. The van der Waals surface area contributed by atoms with E-state index in [4.69, 9.17) is 5.11 Å². The second-order valence-corrected chi connectivity index (χ2v) is 4.71. The van der Waals surface area contributed by atoms with E-state index >= 15 is 0 Å². The lowest BCUT2D eigenvalue weighted by Crippen LogP contribution is -2.18. The molecule has 7 nitrogen and oxygen atoms in total. The Bertz CT molecular complexity index is 752. The van der Waals surface area contributed by atoms with E-state index in [1.165, 1.54) is 12.1 Å². The van der Waals surface area contributed by atoms with E-state index in [1.54, 1.807) is 19.9 Å². The fourth-order valence-electron chi connectivity index (χ4n) is 2.12. The molecule has 1 aromatic carbocycles. The number of rotatable bonds is 4. The van der Waals surface area contributed by atoms with Crippen molar-refractivity contribution in [1.82, 2.24) is 9.97 Å². The van der Waals surface area contributed by atoms with Gasteiger partial charge in [0.2, 0.25) is 0 Å². The van der Waals surface area contributed by atoms with Crippen LogP contribution in [0.25, 0.3) is 11.4 Å². The molecule has 2 aromatic rings. The van der Waals surface area contributed by atoms with E-state index in [9.17, 15) is 14.9 Å². The lowest BCUT2D eigenvalue weighted by molar-refractivity contribution is -0.384. The van der Waals surface area contributed by atoms with E-state index in [0.29, 0.717) is 22.6 Å². The van der Waals surface area contributed by atoms with Gasteiger partial charge in [-0.15, -0.1) is 0 Å². The Labute approximate surface area is 120 Å². The predicted molar refractivity (Wildman–Crippen MR) is 77.2 cm³/mol. The molecule has 0 bridgehead atoms. The van der Waals surface area contributed by atoms with Crippen molar-refractivity contribution in [3.8, 4) is 11.4 Å². The minimum atomic E-state index is -0.492. The van der Waals surface area contributed by atoms with Crippen LogP contribution >= 0.6 is 0 Å². The highest BCUT2D eigenvalue weighted by molar-refractivity contribution is 5.63. The van der Waals surface area contributed by atoms with Gasteiger partial charge in [0.1, 0.15) is 5.82 Å². The van der Waals surface area contributed by atoms with Crippen LogP contribution in [0.5, 0.6) is 0 Å². The predicted octanol–water partition coefficient (Wildman–Crippen LogP) is 1.50. The summed E-state index contributed by atoms with van der Waals surface area (Å²) in [5.74, 6) is 0.292. The topological polar surface area (TPSA) is 109 Å². The van der Waals surface area contributed by atoms with Gasteiger partial charge in [-0.2, -0.15) is 0 Å². The summed E-state index contributed by atoms with van der Waals surface area (Å²) in [6.07, 6.45) is 0.225. The first-order chi connectivity index (χ1) is 9.93. The molecule has 110 valence electrons. The smallest absolute Gasteiger partial charge is 0.270 e. The second-order valence-electron chi connectivity index (χ2n) is 4.71. The highest BCUT2D eigenvalue weighted by atomic mass is 16.6. The van der Waals surface area contributed by atoms with Crippen LogP contribution in [0.4, 0.5) is 5.69 Å². The van der Waals surface area contributed by atoms with Crippen molar-refractivity contribution in [3.05, 3.63) is 55.5 Å². The summed E-state index contributed by atoms with van der Waals surface area (Å²) in [6.45, 7) is 3.33. The summed E-state index contributed by atoms with van der Waals surface area (Å²) in [5.41, 5.74) is 1.82. The highest BCUT2D eigenvalue weighted by Gasteiger charge is 2.14. The fraction of sp³-hybridized carbons (Fsp3) is 0.286. The number of nitrogens with one attached hydrogen (secondary N) is 1. The van der Waals surface area contributed by atoms with E-state index in [0.717, 1.165) is 5.56 Å². The van der Waals surface area contributed by atoms with Crippen LogP contribution in [0.15, 0.2) is 23.0 Å². The lowest BCUT2D eigenvalue weighted by atomic mass is 10.1. The Balaban J connectivity index is 2.60. The maximum atomic E-state index is 12.0. The Kier molecular flexibility index (Phi) is 4.13. The minimum Gasteiger partial charge on any atom is -0.396 e. The average molecular weight is 289 g/mol. The molecule has 2 rings (SSSR count). The average Bonchev–Trinajstić information content (AvgIpc) is 2.43. The Morgan fingerprint density at radius 2 is 2.10 bits per heavy atom. The third kappa shape index (κ3) is 2.97. The monoisotopic (exact) mass is 289 g/mol. The zero-order valence-corrected chi connectivity index (χ0v) is 11.7. The van der Waals surface area contributed by atoms with E-state index in [-0.39, 0.29) is 24.3 Å². The lowest BCUT2D eigenvalue weighted by Gasteiger charge is -2.08. The molecule has 0 spiro atoms. The molecule has 21 heavy (non-hydrogen) atoms. The Morgan fingerprint density at radius 3 is 2.67 bits per heavy atom. The molecule has 1 aromatic heterocycles.